The van der Waals surface area contributed by atoms with Gasteiger partial charge in [0.1, 0.15) is 22.3 Å². The van der Waals surface area contributed by atoms with Crippen molar-refractivity contribution in [1.29, 1.82) is 0 Å². The van der Waals surface area contributed by atoms with E-state index in [0.29, 0.717) is 0 Å². The third-order valence-corrected chi connectivity index (χ3v) is 7.57. The molecule has 1 saturated heterocycles. The standard InChI is InChI=1S/C24H25N7S/c1-16-26-10-8-20(27-16)30-11-13-31(14-12-30)23-21-18-6-2-3-7-19(18)32-24(21)29-22(28-23)17-5-4-9-25-15-17/h4-5,8-10,15H,2-3,6-7,11-14H2,1H3. The van der Waals surface area contributed by atoms with Gasteiger partial charge in [0.2, 0.25) is 0 Å². The van der Waals surface area contributed by atoms with Crippen LogP contribution in [0.3, 0.4) is 0 Å². The first-order chi connectivity index (χ1) is 15.8. The molecule has 0 radical (unpaired) electrons. The number of fused-ring (bicyclic) bond motifs is 3. The molecule has 2 aliphatic rings. The first-order valence-corrected chi connectivity index (χ1v) is 12.1. The van der Waals surface area contributed by atoms with E-state index in [1.54, 1.807) is 6.20 Å². The zero-order chi connectivity index (χ0) is 21.5. The Labute approximate surface area is 191 Å². The molecule has 7 nitrogen and oxygen atoms in total. The molecule has 0 aromatic carbocycles. The lowest BCUT2D eigenvalue weighted by molar-refractivity contribution is 0.641. The number of hydrogen-bond acceptors (Lipinski definition) is 8. The number of aryl methyl sites for hydroxylation is 3. The highest BCUT2D eigenvalue weighted by Gasteiger charge is 2.26. The summed E-state index contributed by atoms with van der Waals surface area (Å²) in [6, 6.07) is 5.99. The highest BCUT2D eigenvalue weighted by Crippen LogP contribution is 2.41. The Kier molecular flexibility index (Phi) is 4.94. The van der Waals surface area contributed by atoms with Gasteiger partial charge in [0.25, 0.3) is 0 Å². The summed E-state index contributed by atoms with van der Waals surface area (Å²) in [5, 5.41) is 1.28. The van der Waals surface area contributed by atoms with E-state index in [9.17, 15) is 0 Å². The molecule has 1 aliphatic heterocycles. The molecule has 0 spiro atoms. The molecule has 0 bridgehead atoms. The maximum atomic E-state index is 5.12. The van der Waals surface area contributed by atoms with Gasteiger partial charge in [-0.2, -0.15) is 0 Å². The van der Waals surface area contributed by atoms with E-state index < -0.39 is 0 Å². The summed E-state index contributed by atoms with van der Waals surface area (Å²) in [7, 11) is 0. The molecular formula is C24H25N7S. The number of pyridine rings is 1. The van der Waals surface area contributed by atoms with Crippen LogP contribution in [0.4, 0.5) is 11.6 Å². The summed E-state index contributed by atoms with van der Waals surface area (Å²) in [4.78, 5) is 30.7. The van der Waals surface area contributed by atoms with Crippen LogP contribution in [-0.4, -0.2) is 51.1 Å². The molecule has 6 rings (SSSR count). The van der Waals surface area contributed by atoms with Gasteiger partial charge in [-0.15, -0.1) is 11.3 Å². The molecule has 32 heavy (non-hydrogen) atoms. The fraction of sp³-hybridized carbons (Fsp3) is 0.375. The largest absolute Gasteiger partial charge is 0.353 e. The molecule has 4 aromatic rings. The highest BCUT2D eigenvalue weighted by molar-refractivity contribution is 7.19. The van der Waals surface area contributed by atoms with Gasteiger partial charge in [0.15, 0.2) is 5.82 Å². The third kappa shape index (κ3) is 3.48. The van der Waals surface area contributed by atoms with E-state index >= 15 is 0 Å². The maximum Gasteiger partial charge on any atom is 0.164 e. The summed E-state index contributed by atoms with van der Waals surface area (Å²) in [5.41, 5.74) is 2.45. The summed E-state index contributed by atoms with van der Waals surface area (Å²) < 4.78 is 0. The summed E-state index contributed by atoms with van der Waals surface area (Å²) in [6.07, 6.45) is 10.3. The second kappa shape index (κ2) is 8.09. The van der Waals surface area contributed by atoms with Gasteiger partial charge < -0.3 is 9.80 Å². The molecule has 1 aliphatic carbocycles. The Hall–Kier alpha value is -3.13. The minimum absolute atomic E-state index is 0.771. The molecule has 5 heterocycles. The predicted molar refractivity (Wildman–Crippen MR) is 128 cm³/mol. The highest BCUT2D eigenvalue weighted by atomic mass is 32.1. The van der Waals surface area contributed by atoms with Crippen molar-refractivity contribution in [3.8, 4) is 11.4 Å². The van der Waals surface area contributed by atoms with Gasteiger partial charge in [-0.1, -0.05) is 0 Å². The van der Waals surface area contributed by atoms with Crippen LogP contribution < -0.4 is 9.80 Å². The Bertz CT molecular complexity index is 1260. The van der Waals surface area contributed by atoms with Gasteiger partial charge in [-0.25, -0.2) is 19.9 Å². The fourth-order valence-corrected chi connectivity index (χ4v) is 6.01. The van der Waals surface area contributed by atoms with E-state index in [1.165, 1.54) is 35.1 Å². The number of hydrogen-bond donors (Lipinski definition) is 0. The minimum atomic E-state index is 0.771. The first kappa shape index (κ1) is 19.5. The molecule has 0 saturated carbocycles. The van der Waals surface area contributed by atoms with Crippen LogP contribution in [0.2, 0.25) is 0 Å². The van der Waals surface area contributed by atoms with E-state index in [1.807, 2.05) is 48.9 Å². The van der Waals surface area contributed by atoms with Crippen LogP contribution in [0.15, 0.2) is 36.8 Å². The van der Waals surface area contributed by atoms with E-state index in [0.717, 1.165) is 66.3 Å². The Morgan fingerprint density at radius 1 is 0.906 bits per heavy atom. The molecule has 0 unspecified atom stereocenters. The zero-order valence-corrected chi connectivity index (χ0v) is 19.0. The number of piperazine rings is 1. The van der Waals surface area contributed by atoms with E-state index in [4.69, 9.17) is 9.97 Å². The Balaban J connectivity index is 1.39. The Morgan fingerprint density at radius 2 is 1.75 bits per heavy atom. The van der Waals surface area contributed by atoms with Crippen LogP contribution in [0.25, 0.3) is 21.6 Å². The van der Waals surface area contributed by atoms with Gasteiger partial charge in [0, 0.05) is 55.2 Å². The maximum absolute atomic E-state index is 5.12. The first-order valence-electron chi connectivity index (χ1n) is 11.3. The number of thiophene rings is 1. The molecule has 1 fully saturated rings. The number of aromatic nitrogens is 5. The third-order valence-electron chi connectivity index (χ3n) is 6.38. The lowest BCUT2D eigenvalue weighted by Gasteiger charge is -2.36. The fourth-order valence-electron chi connectivity index (χ4n) is 4.76. The lowest BCUT2D eigenvalue weighted by atomic mass is 9.96. The van der Waals surface area contributed by atoms with Crippen molar-refractivity contribution in [3.63, 3.8) is 0 Å². The van der Waals surface area contributed by atoms with Crippen LogP contribution in [0, 0.1) is 6.92 Å². The van der Waals surface area contributed by atoms with Crippen molar-refractivity contribution in [2.45, 2.75) is 32.6 Å². The lowest BCUT2D eigenvalue weighted by Crippen LogP contribution is -2.47. The van der Waals surface area contributed by atoms with E-state index in [2.05, 4.69) is 24.8 Å². The van der Waals surface area contributed by atoms with Crippen LogP contribution in [-0.2, 0) is 12.8 Å². The minimum Gasteiger partial charge on any atom is -0.353 e. The molecule has 0 atom stereocenters. The van der Waals surface area contributed by atoms with Crippen molar-refractivity contribution < 1.29 is 0 Å². The monoisotopic (exact) mass is 443 g/mol. The summed E-state index contributed by atoms with van der Waals surface area (Å²) >= 11 is 1.86. The average Bonchev–Trinajstić information content (AvgIpc) is 3.23. The smallest absolute Gasteiger partial charge is 0.164 e. The molecular weight excluding hydrogens is 418 g/mol. The second-order valence-corrected chi connectivity index (χ2v) is 9.52. The van der Waals surface area contributed by atoms with E-state index in [-0.39, 0.29) is 0 Å². The number of rotatable bonds is 3. The molecule has 162 valence electrons. The van der Waals surface area contributed by atoms with Gasteiger partial charge in [-0.3, -0.25) is 4.98 Å². The molecule has 0 N–H and O–H groups in total. The summed E-state index contributed by atoms with van der Waals surface area (Å²) in [5.74, 6) is 3.68. The predicted octanol–water partition coefficient (Wildman–Crippen LogP) is 4.06. The SMILES string of the molecule is Cc1nccc(N2CCN(c3nc(-c4cccnc4)nc4sc5c(c34)CCCC5)CC2)n1. The molecule has 8 heteroatoms. The van der Waals surface area contributed by atoms with Crippen LogP contribution in [0.5, 0.6) is 0 Å². The number of nitrogens with zero attached hydrogens (tertiary/aromatic N) is 7. The van der Waals surface area contributed by atoms with Crippen LogP contribution in [0.1, 0.15) is 29.1 Å². The van der Waals surface area contributed by atoms with Crippen molar-refractivity contribution in [2.24, 2.45) is 0 Å². The normalized spacial score (nSPS) is 16.4. The number of anilines is 2. The van der Waals surface area contributed by atoms with Gasteiger partial charge in [-0.05, 0) is 56.4 Å². The van der Waals surface area contributed by atoms with Crippen molar-refractivity contribution in [3.05, 3.63) is 53.1 Å². The second-order valence-electron chi connectivity index (χ2n) is 8.44. The van der Waals surface area contributed by atoms with Gasteiger partial charge >= 0.3 is 0 Å². The van der Waals surface area contributed by atoms with Gasteiger partial charge in [0.05, 0.1) is 5.39 Å². The topological polar surface area (TPSA) is 70.9 Å². The average molecular weight is 444 g/mol. The van der Waals surface area contributed by atoms with Crippen molar-refractivity contribution in [1.82, 2.24) is 24.9 Å². The Morgan fingerprint density at radius 3 is 2.56 bits per heavy atom. The van der Waals surface area contributed by atoms with Crippen molar-refractivity contribution >= 4 is 33.2 Å². The molecule has 4 aromatic heterocycles. The summed E-state index contributed by atoms with van der Waals surface area (Å²) in [6.45, 7) is 5.59. The quantitative estimate of drug-likeness (QED) is 0.473. The zero-order valence-electron chi connectivity index (χ0n) is 18.2. The van der Waals surface area contributed by atoms with Crippen LogP contribution >= 0.6 is 11.3 Å². The molecule has 0 amide bonds. The van der Waals surface area contributed by atoms with Crippen molar-refractivity contribution in [2.75, 3.05) is 36.0 Å².